The summed E-state index contributed by atoms with van der Waals surface area (Å²) in [6.07, 6.45) is 1.88. The summed E-state index contributed by atoms with van der Waals surface area (Å²) < 4.78 is 1.54. The van der Waals surface area contributed by atoms with E-state index in [1.807, 2.05) is 19.1 Å². The molecule has 0 aliphatic rings. The maximum Gasteiger partial charge on any atom is 0.255 e. The lowest BCUT2D eigenvalue weighted by Gasteiger charge is -2.13. The summed E-state index contributed by atoms with van der Waals surface area (Å²) in [6.45, 7) is 3.13. The first-order valence-corrected chi connectivity index (χ1v) is 11.4. The second-order valence-electron chi connectivity index (χ2n) is 8.41. The fourth-order valence-corrected chi connectivity index (χ4v) is 3.71. The van der Waals surface area contributed by atoms with E-state index in [1.165, 1.54) is 10.8 Å². The Morgan fingerprint density at radius 2 is 1.89 bits per heavy atom. The molecule has 0 aliphatic carbocycles. The van der Waals surface area contributed by atoms with E-state index in [2.05, 4.69) is 26.0 Å². The Morgan fingerprint density at radius 3 is 2.59 bits per heavy atom. The summed E-state index contributed by atoms with van der Waals surface area (Å²) in [5.41, 5.74) is 4.61. The van der Waals surface area contributed by atoms with Gasteiger partial charge in [-0.3, -0.25) is 9.59 Å². The van der Waals surface area contributed by atoms with E-state index >= 15 is 0 Å². The average molecular weight is 500 g/mol. The van der Waals surface area contributed by atoms with Crippen LogP contribution in [0.4, 0.5) is 17.2 Å². The second-order valence-corrected chi connectivity index (χ2v) is 8.41. The molecule has 2 heterocycles. The van der Waals surface area contributed by atoms with Crippen LogP contribution < -0.4 is 16.0 Å². The number of hydrogen-bond donors (Lipinski definition) is 5. The van der Waals surface area contributed by atoms with Crippen molar-refractivity contribution in [3.63, 3.8) is 0 Å². The van der Waals surface area contributed by atoms with E-state index < -0.39 is 18.6 Å². The number of aryl methyl sites for hydroxylation is 2. The van der Waals surface area contributed by atoms with Crippen LogP contribution >= 0.6 is 0 Å². The van der Waals surface area contributed by atoms with Crippen LogP contribution in [-0.2, 0) is 0 Å². The molecule has 0 spiro atoms. The van der Waals surface area contributed by atoms with Gasteiger partial charge in [0.05, 0.1) is 29.9 Å². The van der Waals surface area contributed by atoms with Crippen LogP contribution in [0.25, 0.3) is 5.52 Å². The SMILES string of the molecule is Cc1ccc(NC(=O)c2ccc(C#N)cc2)cc1Nc1ncnn2cc(C(=O)NCC(O)CO)c(C)c12. The number of nitriles is 1. The van der Waals surface area contributed by atoms with Crippen molar-refractivity contribution in [3.05, 3.63) is 82.8 Å². The minimum atomic E-state index is -1.05. The van der Waals surface area contributed by atoms with Gasteiger partial charge in [0.2, 0.25) is 0 Å². The Labute approximate surface area is 212 Å². The number of carbonyl (C=O) groups excluding carboxylic acids is 2. The Morgan fingerprint density at radius 1 is 1.14 bits per heavy atom. The zero-order valence-corrected chi connectivity index (χ0v) is 20.2. The molecule has 11 nitrogen and oxygen atoms in total. The second kappa shape index (κ2) is 10.9. The molecule has 0 radical (unpaired) electrons. The number of hydrogen-bond acceptors (Lipinski definition) is 8. The molecule has 0 aliphatic heterocycles. The fourth-order valence-electron chi connectivity index (χ4n) is 3.71. The summed E-state index contributed by atoms with van der Waals surface area (Å²) in [6, 6.07) is 13.8. The lowest BCUT2D eigenvalue weighted by atomic mass is 10.1. The highest BCUT2D eigenvalue weighted by Crippen LogP contribution is 2.28. The zero-order valence-electron chi connectivity index (χ0n) is 20.2. The Hall–Kier alpha value is -4.79. The van der Waals surface area contributed by atoms with Gasteiger partial charge in [-0.2, -0.15) is 10.4 Å². The highest BCUT2D eigenvalue weighted by molar-refractivity contribution is 6.04. The molecule has 0 saturated carbocycles. The number of aliphatic hydroxyl groups is 2. The molecule has 2 amide bonds. The van der Waals surface area contributed by atoms with Crippen LogP contribution in [0, 0.1) is 25.2 Å². The highest BCUT2D eigenvalue weighted by atomic mass is 16.3. The molecule has 1 atom stereocenters. The predicted molar refractivity (Wildman–Crippen MR) is 137 cm³/mol. The number of nitrogens with one attached hydrogen (secondary N) is 3. The Bertz CT molecular complexity index is 1510. The third-order valence-electron chi connectivity index (χ3n) is 5.81. The molecule has 188 valence electrons. The molecule has 11 heteroatoms. The van der Waals surface area contributed by atoms with E-state index in [9.17, 15) is 14.7 Å². The van der Waals surface area contributed by atoms with Crippen LogP contribution in [0.3, 0.4) is 0 Å². The topological polar surface area (TPSA) is 165 Å². The average Bonchev–Trinajstić information content (AvgIpc) is 3.26. The standard InChI is InChI=1S/C26H25N7O4/c1-15-3-8-19(31-25(36)18-6-4-17(10-27)5-7-18)9-22(15)32-24-23-16(2)21(12-33(23)30-14-29-24)26(37)28-11-20(35)13-34/h3-9,12,14,20,34-35H,11,13H2,1-2H3,(H,28,37)(H,31,36)(H,29,30,32). The van der Waals surface area contributed by atoms with Crippen LogP contribution in [0.5, 0.6) is 0 Å². The molecule has 5 N–H and O–H groups in total. The molecule has 1 unspecified atom stereocenters. The summed E-state index contributed by atoms with van der Waals surface area (Å²) in [5.74, 6) is -0.265. The van der Waals surface area contributed by atoms with Gasteiger partial charge < -0.3 is 26.2 Å². The summed E-state index contributed by atoms with van der Waals surface area (Å²) in [7, 11) is 0. The van der Waals surface area contributed by atoms with Crippen molar-refractivity contribution >= 4 is 34.5 Å². The number of nitrogens with zero attached hydrogens (tertiary/aromatic N) is 4. The van der Waals surface area contributed by atoms with Crippen LogP contribution in [0.1, 0.15) is 37.4 Å². The van der Waals surface area contributed by atoms with Gasteiger partial charge in [-0.15, -0.1) is 0 Å². The molecular weight excluding hydrogens is 474 g/mol. The van der Waals surface area contributed by atoms with Gasteiger partial charge >= 0.3 is 0 Å². The van der Waals surface area contributed by atoms with Crippen molar-refractivity contribution in [2.24, 2.45) is 0 Å². The zero-order chi connectivity index (χ0) is 26.5. The number of anilines is 3. The Balaban J connectivity index is 1.58. The van der Waals surface area contributed by atoms with E-state index in [-0.39, 0.29) is 12.5 Å². The van der Waals surface area contributed by atoms with Crippen molar-refractivity contribution in [2.45, 2.75) is 20.0 Å². The first-order chi connectivity index (χ1) is 17.8. The number of benzene rings is 2. The smallest absolute Gasteiger partial charge is 0.255 e. The minimum absolute atomic E-state index is 0.0854. The van der Waals surface area contributed by atoms with Gasteiger partial charge in [-0.05, 0) is 61.4 Å². The van der Waals surface area contributed by atoms with Gasteiger partial charge in [0.25, 0.3) is 11.8 Å². The molecule has 0 bridgehead atoms. The van der Waals surface area contributed by atoms with Gasteiger partial charge in [0, 0.05) is 29.7 Å². The minimum Gasteiger partial charge on any atom is -0.394 e. The monoisotopic (exact) mass is 499 g/mol. The van der Waals surface area contributed by atoms with Crippen LogP contribution in [0.15, 0.2) is 55.0 Å². The number of rotatable bonds is 8. The van der Waals surface area contributed by atoms with Crippen molar-refractivity contribution in [1.29, 1.82) is 5.26 Å². The molecule has 2 aromatic heterocycles. The van der Waals surface area contributed by atoms with Gasteiger partial charge in [0.1, 0.15) is 11.8 Å². The first-order valence-electron chi connectivity index (χ1n) is 11.4. The summed E-state index contributed by atoms with van der Waals surface area (Å²) in [5, 5.41) is 40.3. The third-order valence-corrected chi connectivity index (χ3v) is 5.81. The fraction of sp³-hybridized carbons (Fsp3) is 0.192. The van der Waals surface area contributed by atoms with E-state index in [0.717, 1.165) is 5.56 Å². The van der Waals surface area contributed by atoms with Crippen molar-refractivity contribution in [3.8, 4) is 6.07 Å². The van der Waals surface area contributed by atoms with Crippen molar-refractivity contribution in [2.75, 3.05) is 23.8 Å². The maximum absolute atomic E-state index is 12.7. The number of carbonyl (C=O) groups is 2. The Kier molecular flexibility index (Phi) is 7.43. The quantitative estimate of drug-likeness (QED) is 0.246. The maximum atomic E-state index is 12.7. The van der Waals surface area contributed by atoms with Crippen LogP contribution in [-0.4, -0.2) is 55.9 Å². The van der Waals surface area contributed by atoms with Gasteiger partial charge in [0.15, 0.2) is 5.82 Å². The van der Waals surface area contributed by atoms with E-state index in [4.69, 9.17) is 10.4 Å². The lowest BCUT2D eigenvalue weighted by Crippen LogP contribution is -2.34. The molecule has 0 saturated heterocycles. The predicted octanol–water partition coefficient (Wildman–Crippen LogP) is 2.30. The molecule has 4 aromatic rings. The summed E-state index contributed by atoms with van der Waals surface area (Å²) >= 11 is 0. The largest absolute Gasteiger partial charge is 0.394 e. The van der Waals surface area contributed by atoms with Gasteiger partial charge in [-0.1, -0.05) is 6.07 Å². The van der Waals surface area contributed by atoms with E-state index in [1.54, 1.807) is 49.5 Å². The van der Waals surface area contributed by atoms with Crippen molar-refractivity contribution in [1.82, 2.24) is 19.9 Å². The van der Waals surface area contributed by atoms with Crippen LogP contribution in [0.2, 0.25) is 0 Å². The normalized spacial score (nSPS) is 11.5. The summed E-state index contributed by atoms with van der Waals surface area (Å²) in [4.78, 5) is 29.7. The number of aliphatic hydroxyl groups excluding tert-OH is 2. The number of fused-ring (bicyclic) bond motifs is 1. The third kappa shape index (κ3) is 5.56. The number of aromatic nitrogens is 3. The first kappa shape index (κ1) is 25.3. The molecule has 0 fully saturated rings. The van der Waals surface area contributed by atoms with Crippen molar-refractivity contribution < 1.29 is 19.8 Å². The molecule has 4 rings (SSSR count). The highest BCUT2D eigenvalue weighted by Gasteiger charge is 2.19. The van der Waals surface area contributed by atoms with E-state index in [0.29, 0.717) is 45.0 Å². The van der Waals surface area contributed by atoms with Gasteiger partial charge in [-0.25, -0.2) is 9.50 Å². The number of amides is 2. The molecular formula is C26H25N7O4. The lowest BCUT2D eigenvalue weighted by molar-refractivity contribution is 0.0801. The molecule has 2 aromatic carbocycles. The molecule has 37 heavy (non-hydrogen) atoms.